The van der Waals surface area contributed by atoms with Crippen molar-refractivity contribution < 1.29 is 23.8 Å². The minimum absolute atomic E-state index is 0.0571. The highest BCUT2D eigenvalue weighted by Crippen LogP contribution is 2.35. The van der Waals surface area contributed by atoms with Crippen molar-refractivity contribution in [3.63, 3.8) is 0 Å². The van der Waals surface area contributed by atoms with E-state index < -0.39 is 29.3 Å². The summed E-state index contributed by atoms with van der Waals surface area (Å²) in [6, 6.07) is 17.2. The van der Waals surface area contributed by atoms with Gasteiger partial charge in [0.25, 0.3) is 5.91 Å². The van der Waals surface area contributed by atoms with Crippen LogP contribution in [0.2, 0.25) is 0 Å². The van der Waals surface area contributed by atoms with Gasteiger partial charge in [-0.2, -0.15) is 0 Å². The van der Waals surface area contributed by atoms with Gasteiger partial charge < -0.3 is 15.2 Å². The van der Waals surface area contributed by atoms with Gasteiger partial charge in [0.15, 0.2) is 0 Å². The minimum atomic E-state index is -1.53. The molecule has 0 aliphatic heterocycles. The van der Waals surface area contributed by atoms with Gasteiger partial charge in [-0.25, -0.2) is 9.18 Å². The molecule has 0 radical (unpaired) electrons. The Kier molecular flexibility index (Phi) is 5.55. The lowest BCUT2D eigenvalue weighted by Crippen LogP contribution is -2.49. The Bertz CT molecular complexity index is 1060. The summed E-state index contributed by atoms with van der Waals surface area (Å²) in [5.74, 6) is -2.31. The molecule has 0 spiro atoms. The second-order valence-electron chi connectivity index (χ2n) is 7.34. The molecule has 3 aromatic rings. The van der Waals surface area contributed by atoms with Crippen LogP contribution >= 0.6 is 0 Å². The van der Waals surface area contributed by atoms with Gasteiger partial charge in [-0.05, 0) is 32.4 Å². The Morgan fingerprint density at radius 2 is 1.62 bits per heavy atom. The zero-order valence-electron chi connectivity index (χ0n) is 16.4. The number of hydrogen-bond acceptors (Lipinski definition) is 3. The molecule has 1 unspecified atom stereocenters. The molecule has 150 valence electrons. The smallest absolute Gasteiger partial charge is 0.328 e. The van der Waals surface area contributed by atoms with E-state index in [0.29, 0.717) is 10.8 Å². The standard InChI is InChI=1S/C23H22FNO4/c1-14(15-9-5-4-6-10-15)29-20-17-12-8-7-11-16(17)19(24)13-18(20)21(26)25-23(2,3)22(27)28/h4-14H,1-3H3,(H,25,26)(H,27,28). The third-order valence-corrected chi connectivity index (χ3v) is 4.71. The number of fused-ring (bicyclic) bond motifs is 1. The second-order valence-corrected chi connectivity index (χ2v) is 7.34. The normalized spacial score (nSPS) is 12.4. The third-order valence-electron chi connectivity index (χ3n) is 4.71. The summed E-state index contributed by atoms with van der Waals surface area (Å²) in [4.78, 5) is 24.3. The van der Waals surface area contributed by atoms with E-state index in [1.165, 1.54) is 13.8 Å². The predicted octanol–water partition coefficient (Wildman–Crippen LogP) is 4.71. The lowest BCUT2D eigenvalue weighted by Gasteiger charge is -2.24. The topological polar surface area (TPSA) is 75.6 Å². The van der Waals surface area contributed by atoms with E-state index in [9.17, 15) is 19.1 Å². The Labute approximate surface area is 168 Å². The summed E-state index contributed by atoms with van der Waals surface area (Å²) in [5, 5.41) is 12.5. The molecule has 6 heteroatoms. The number of carbonyl (C=O) groups excluding carboxylic acids is 1. The van der Waals surface area contributed by atoms with Crippen molar-refractivity contribution in [2.45, 2.75) is 32.4 Å². The van der Waals surface area contributed by atoms with Crippen LogP contribution in [-0.2, 0) is 4.79 Å². The van der Waals surface area contributed by atoms with Crippen LogP contribution in [0.5, 0.6) is 5.75 Å². The molecule has 0 aliphatic carbocycles. The average molecular weight is 395 g/mol. The van der Waals surface area contributed by atoms with E-state index in [4.69, 9.17) is 4.74 Å². The summed E-state index contributed by atoms with van der Waals surface area (Å²) < 4.78 is 20.8. The van der Waals surface area contributed by atoms with E-state index in [1.807, 2.05) is 37.3 Å². The molecule has 1 amide bonds. The molecule has 0 aromatic heterocycles. The van der Waals surface area contributed by atoms with Crippen LogP contribution in [0.3, 0.4) is 0 Å². The number of rotatable bonds is 6. The molecular weight excluding hydrogens is 373 g/mol. The summed E-state index contributed by atoms with van der Waals surface area (Å²) in [7, 11) is 0. The van der Waals surface area contributed by atoms with E-state index in [0.717, 1.165) is 11.6 Å². The van der Waals surface area contributed by atoms with Crippen LogP contribution in [-0.4, -0.2) is 22.5 Å². The van der Waals surface area contributed by atoms with Gasteiger partial charge in [-0.1, -0.05) is 54.6 Å². The van der Waals surface area contributed by atoms with Gasteiger partial charge in [0.05, 0.1) is 5.56 Å². The number of carboxylic acids is 1. The molecule has 29 heavy (non-hydrogen) atoms. The first-order valence-electron chi connectivity index (χ1n) is 9.19. The number of aliphatic carboxylic acids is 1. The van der Waals surface area contributed by atoms with E-state index >= 15 is 0 Å². The largest absolute Gasteiger partial charge is 0.485 e. The molecule has 3 rings (SSSR count). The third kappa shape index (κ3) is 4.21. The van der Waals surface area contributed by atoms with Crippen LogP contribution in [0.25, 0.3) is 10.8 Å². The number of ether oxygens (including phenoxy) is 1. The van der Waals surface area contributed by atoms with Crippen molar-refractivity contribution in [2.24, 2.45) is 0 Å². The maximum atomic E-state index is 14.7. The maximum absolute atomic E-state index is 14.7. The van der Waals surface area contributed by atoms with E-state index in [1.54, 1.807) is 24.3 Å². The molecular formula is C23H22FNO4. The fourth-order valence-corrected chi connectivity index (χ4v) is 2.97. The van der Waals surface area contributed by atoms with E-state index in [-0.39, 0.29) is 11.3 Å². The molecule has 0 fully saturated rings. The molecule has 0 saturated carbocycles. The number of nitrogens with one attached hydrogen (secondary N) is 1. The van der Waals surface area contributed by atoms with Crippen LogP contribution < -0.4 is 10.1 Å². The van der Waals surface area contributed by atoms with Crippen molar-refractivity contribution in [1.82, 2.24) is 5.32 Å². The second kappa shape index (κ2) is 7.91. The first-order chi connectivity index (χ1) is 13.7. The number of hydrogen-bond donors (Lipinski definition) is 2. The molecule has 1 atom stereocenters. The Balaban J connectivity index is 2.10. The SMILES string of the molecule is CC(Oc1c(C(=O)NC(C)(C)C(=O)O)cc(F)c2ccccc12)c1ccccc1. The quantitative estimate of drug-likeness (QED) is 0.634. The zero-order valence-corrected chi connectivity index (χ0v) is 16.4. The number of amides is 1. The van der Waals surface area contributed by atoms with E-state index in [2.05, 4.69) is 5.32 Å². The molecule has 5 nitrogen and oxygen atoms in total. The first-order valence-corrected chi connectivity index (χ1v) is 9.19. The Morgan fingerprint density at radius 1 is 1.03 bits per heavy atom. The number of benzene rings is 3. The maximum Gasteiger partial charge on any atom is 0.328 e. The van der Waals surface area contributed by atoms with Gasteiger partial charge in [0.1, 0.15) is 23.2 Å². The first kappa shape index (κ1) is 20.3. The van der Waals surface area contributed by atoms with Gasteiger partial charge in [0, 0.05) is 10.8 Å². The highest BCUT2D eigenvalue weighted by Gasteiger charge is 2.31. The molecule has 2 N–H and O–H groups in total. The fourth-order valence-electron chi connectivity index (χ4n) is 2.97. The predicted molar refractivity (Wildman–Crippen MR) is 109 cm³/mol. The Morgan fingerprint density at radius 3 is 2.24 bits per heavy atom. The number of carbonyl (C=O) groups is 2. The summed E-state index contributed by atoms with van der Waals surface area (Å²) in [6.45, 7) is 4.55. The molecule has 0 saturated heterocycles. The molecule has 3 aromatic carbocycles. The summed E-state index contributed by atoms with van der Waals surface area (Å²) in [6.07, 6.45) is -0.413. The lowest BCUT2D eigenvalue weighted by molar-refractivity contribution is -0.143. The summed E-state index contributed by atoms with van der Waals surface area (Å²) in [5.41, 5.74) is -0.696. The number of halogens is 1. The minimum Gasteiger partial charge on any atom is -0.485 e. The van der Waals surface area contributed by atoms with Crippen molar-refractivity contribution >= 4 is 22.6 Å². The molecule has 0 bridgehead atoms. The fraction of sp³-hybridized carbons (Fsp3) is 0.217. The highest BCUT2D eigenvalue weighted by molar-refractivity contribution is 6.05. The van der Waals surface area contributed by atoms with Gasteiger partial charge in [0.2, 0.25) is 0 Å². The van der Waals surface area contributed by atoms with Crippen molar-refractivity contribution in [1.29, 1.82) is 0 Å². The van der Waals surface area contributed by atoms with Gasteiger partial charge >= 0.3 is 5.97 Å². The van der Waals surface area contributed by atoms with Crippen LogP contribution in [0, 0.1) is 5.82 Å². The Hall–Kier alpha value is -3.41. The monoisotopic (exact) mass is 395 g/mol. The van der Waals surface area contributed by atoms with Crippen LogP contribution in [0.15, 0.2) is 60.7 Å². The van der Waals surface area contributed by atoms with Crippen molar-refractivity contribution in [3.8, 4) is 5.75 Å². The lowest BCUT2D eigenvalue weighted by atomic mass is 10.0. The van der Waals surface area contributed by atoms with Gasteiger partial charge in [-0.3, -0.25) is 4.79 Å². The van der Waals surface area contributed by atoms with Crippen LogP contribution in [0.4, 0.5) is 4.39 Å². The van der Waals surface area contributed by atoms with Crippen LogP contribution in [0.1, 0.15) is 42.8 Å². The molecule has 0 heterocycles. The average Bonchev–Trinajstić information content (AvgIpc) is 2.70. The molecule has 0 aliphatic rings. The number of carboxylic acid groups (broad SMARTS) is 1. The summed E-state index contributed by atoms with van der Waals surface area (Å²) >= 11 is 0. The zero-order chi connectivity index (χ0) is 21.2. The van der Waals surface area contributed by atoms with Gasteiger partial charge in [-0.15, -0.1) is 0 Å². The van der Waals surface area contributed by atoms with Crippen molar-refractivity contribution in [3.05, 3.63) is 77.6 Å². The van der Waals surface area contributed by atoms with Crippen molar-refractivity contribution in [2.75, 3.05) is 0 Å². The highest BCUT2D eigenvalue weighted by atomic mass is 19.1.